The molecule has 0 nitrogen and oxygen atoms in total. The van der Waals surface area contributed by atoms with E-state index in [-0.39, 0.29) is 17.8 Å². The fourth-order valence-corrected chi connectivity index (χ4v) is 7.31. The largest absolute Gasteiger partial charge is 0.412 e. The summed E-state index contributed by atoms with van der Waals surface area (Å²) in [5.41, 5.74) is 2.00. The van der Waals surface area contributed by atoms with E-state index in [4.69, 9.17) is 0 Å². The van der Waals surface area contributed by atoms with Crippen molar-refractivity contribution in [1.82, 2.24) is 0 Å². The van der Waals surface area contributed by atoms with Gasteiger partial charge in [-0.3, -0.25) is 0 Å². The van der Waals surface area contributed by atoms with Gasteiger partial charge in [0.05, 0.1) is 6.08 Å². The van der Waals surface area contributed by atoms with Gasteiger partial charge in [0.15, 0.2) is 0 Å². The molecule has 0 aliphatic heterocycles. The molecule has 0 aromatic heterocycles. The predicted octanol–water partition coefficient (Wildman–Crippen LogP) is 10.6. The average molecular weight is 509 g/mol. The fourth-order valence-electron chi connectivity index (χ4n) is 7.31. The van der Waals surface area contributed by atoms with Crippen molar-refractivity contribution in [2.24, 2.45) is 23.7 Å². The van der Waals surface area contributed by atoms with E-state index >= 15 is 4.39 Å². The third-order valence-corrected chi connectivity index (χ3v) is 9.46. The molecule has 4 rings (SSSR count). The van der Waals surface area contributed by atoms with Gasteiger partial charge in [0, 0.05) is 5.92 Å². The second-order valence-electron chi connectivity index (χ2n) is 11.7. The molecule has 1 aromatic rings. The Morgan fingerprint density at radius 2 is 1.42 bits per heavy atom. The van der Waals surface area contributed by atoms with Crippen LogP contribution in [0.5, 0.6) is 0 Å². The highest BCUT2D eigenvalue weighted by molar-refractivity contribution is 5.30. The van der Waals surface area contributed by atoms with Gasteiger partial charge in [-0.05, 0) is 137 Å². The molecule has 5 heteroatoms. The van der Waals surface area contributed by atoms with Crippen LogP contribution in [0.2, 0.25) is 0 Å². The van der Waals surface area contributed by atoms with Crippen LogP contribution in [0.25, 0.3) is 0 Å². The fraction of sp³-hybridized carbons (Fsp3) is 0.677. The minimum absolute atomic E-state index is 0.0582. The second-order valence-corrected chi connectivity index (χ2v) is 11.7. The summed E-state index contributed by atoms with van der Waals surface area (Å²) in [6, 6.07) is 5.98. The van der Waals surface area contributed by atoms with Crippen molar-refractivity contribution in [3.8, 4) is 0 Å². The monoisotopic (exact) mass is 508 g/mol. The minimum Gasteiger partial charge on any atom is -0.212 e. The topological polar surface area (TPSA) is 0 Å². The zero-order chi connectivity index (χ0) is 25.7. The van der Waals surface area contributed by atoms with Gasteiger partial charge in [-0.25, -0.2) is 8.78 Å². The average Bonchev–Trinajstić information content (AvgIpc) is 2.87. The van der Waals surface area contributed by atoms with Crippen LogP contribution >= 0.6 is 0 Å². The van der Waals surface area contributed by atoms with E-state index < -0.39 is 17.9 Å². The second kappa shape index (κ2) is 12.3. The van der Waals surface area contributed by atoms with E-state index in [9.17, 15) is 17.6 Å². The molecule has 36 heavy (non-hydrogen) atoms. The number of halogens is 5. The molecule has 0 bridgehead atoms. The Bertz CT molecular complexity index is 877. The third-order valence-electron chi connectivity index (χ3n) is 9.46. The first kappa shape index (κ1) is 27.4. The number of alkyl halides is 3. The molecule has 0 saturated heterocycles. The minimum atomic E-state index is -4.59. The van der Waals surface area contributed by atoms with Gasteiger partial charge in [0.1, 0.15) is 11.6 Å². The van der Waals surface area contributed by atoms with Gasteiger partial charge < -0.3 is 0 Å². The van der Waals surface area contributed by atoms with E-state index in [0.29, 0.717) is 30.6 Å². The summed E-state index contributed by atoms with van der Waals surface area (Å²) >= 11 is 0. The number of hydrogen-bond donors (Lipinski definition) is 0. The lowest BCUT2D eigenvalue weighted by atomic mass is 9.68. The quantitative estimate of drug-likeness (QED) is 0.254. The van der Waals surface area contributed by atoms with Crippen LogP contribution in [0.3, 0.4) is 0 Å². The van der Waals surface area contributed by atoms with Crippen molar-refractivity contribution in [2.45, 2.75) is 108 Å². The Labute approximate surface area is 213 Å². The maximum Gasteiger partial charge on any atom is 0.412 e. The normalized spacial score (nSPS) is 32.3. The summed E-state index contributed by atoms with van der Waals surface area (Å²) in [5.74, 6) is 0.813. The summed E-state index contributed by atoms with van der Waals surface area (Å²) in [4.78, 5) is 0. The Morgan fingerprint density at radius 3 is 1.97 bits per heavy atom. The van der Waals surface area contributed by atoms with Crippen molar-refractivity contribution in [3.05, 3.63) is 59.7 Å². The van der Waals surface area contributed by atoms with E-state index in [1.54, 1.807) is 6.07 Å². The Morgan fingerprint density at radius 1 is 0.833 bits per heavy atom. The molecule has 3 fully saturated rings. The first-order valence-corrected chi connectivity index (χ1v) is 14.1. The van der Waals surface area contributed by atoms with Crippen LogP contribution in [0, 0.1) is 29.5 Å². The summed E-state index contributed by atoms with van der Waals surface area (Å²) in [6.45, 7) is 3.82. The maximum absolute atomic E-state index is 15.2. The highest BCUT2D eigenvalue weighted by Crippen LogP contribution is 2.46. The van der Waals surface area contributed by atoms with E-state index in [0.717, 1.165) is 74.8 Å². The van der Waals surface area contributed by atoms with Gasteiger partial charge in [-0.2, -0.15) is 13.2 Å². The molecule has 0 unspecified atom stereocenters. The van der Waals surface area contributed by atoms with Crippen molar-refractivity contribution in [3.63, 3.8) is 0 Å². The van der Waals surface area contributed by atoms with Crippen LogP contribution in [-0.4, -0.2) is 6.18 Å². The molecule has 1 aromatic carbocycles. The first-order valence-electron chi connectivity index (χ1n) is 14.1. The van der Waals surface area contributed by atoms with E-state index in [1.807, 2.05) is 12.1 Å². The smallest absolute Gasteiger partial charge is 0.212 e. The van der Waals surface area contributed by atoms with Gasteiger partial charge in [-0.1, -0.05) is 18.2 Å². The van der Waals surface area contributed by atoms with Gasteiger partial charge in [0.2, 0.25) is 0 Å². The molecule has 0 heterocycles. The highest BCUT2D eigenvalue weighted by Gasteiger charge is 2.35. The molecule has 3 saturated carbocycles. The Hall–Kier alpha value is -1.65. The van der Waals surface area contributed by atoms with E-state index in [1.165, 1.54) is 19.3 Å². The van der Waals surface area contributed by atoms with Crippen LogP contribution in [0.4, 0.5) is 22.0 Å². The molecule has 0 N–H and O–H groups in total. The molecule has 3 aliphatic rings. The van der Waals surface area contributed by atoms with Crippen LogP contribution in [0.1, 0.15) is 113 Å². The number of rotatable bonds is 7. The van der Waals surface area contributed by atoms with Crippen molar-refractivity contribution in [1.29, 1.82) is 0 Å². The lowest BCUT2D eigenvalue weighted by Crippen LogP contribution is -2.26. The zero-order valence-electron chi connectivity index (χ0n) is 21.3. The molecule has 0 atom stereocenters. The van der Waals surface area contributed by atoms with Gasteiger partial charge in [0.25, 0.3) is 0 Å². The molecular formula is C31H41F5. The van der Waals surface area contributed by atoms with Gasteiger partial charge in [-0.15, -0.1) is 6.58 Å². The summed E-state index contributed by atoms with van der Waals surface area (Å²) in [7, 11) is 0. The van der Waals surface area contributed by atoms with Crippen LogP contribution in [0.15, 0.2) is 42.8 Å². The lowest BCUT2D eigenvalue weighted by molar-refractivity contribution is -0.0821. The summed E-state index contributed by atoms with van der Waals surface area (Å²) in [6.07, 6.45) is 10.8. The standard InChI is InChI=1S/C31H41F5/c1-2-3-4-21-5-7-24(8-6-21)27-17-18-28(29(32)19-27)25-13-9-22(10-14-25)23-11-15-26(16-12-23)30(33)20-31(34,35)36/h2,17-26H,1,3-16H2/b30-20-. The number of allylic oxidation sites excluding steroid dienone is 3. The predicted molar refractivity (Wildman–Crippen MR) is 136 cm³/mol. The van der Waals surface area contributed by atoms with Crippen LogP contribution in [-0.2, 0) is 0 Å². The maximum atomic E-state index is 15.2. The molecule has 0 spiro atoms. The van der Waals surface area contributed by atoms with Crippen LogP contribution < -0.4 is 0 Å². The first-order chi connectivity index (χ1) is 17.2. The van der Waals surface area contributed by atoms with Crippen molar-refractivity contribution < 1.29 is 22.0 Å². The molecule has 0 radical (unpaired) electrons. The Kier molecular flexibility index (Phi) is 9.33. The molecule has 3 aliphatic carbocycles. The third kappa shape index (κ3) is 7.22. The SMILES string of the molecule is C=CCCC1CCC(c2ccc(C3CCC(C4CCC(/C(F)=C/C(F)(F)F)CC4)CC3)c(F)c2)CC1. The number of benzene rings is 1. The molecular weight excluding hydrogens is 467 g/mol. The van der Waals surface area contributed by atoms with Crippen molar-refractivity contribution >= 4 is 0 Å². The van der Waals surface area contributed by atoms with E-state index in [2.05, 4.69) is 12.6 Å². The lowest BCUT2D eigenvalue weighted by Gasteiger charge is -2.38. The molecule has 200 valence electrons. The summed E-state index contributed by atoms with van der Waals surface area (Å²) < 4.78 is 66.5. The number of hydrogen-bond acceptors (Lipinski definition) is 0. The summed E-state index contributed by atoms with van der Waals surface area (Å²) in [5, 5.41) is 0. The van der Waals surface area contributed by atoms with Gasteiger partial charge >= 0.3 is 6.18 Å². The Balaban J connectivity index is 1.25. The molecule has 0 amide bonds. The highest BCUT2D eigenvalue weighted by atomic mass is 19.4. The zero-order valence-corrected chi connectivity index (χ0v) is 21.3. The van der Waals surface area contributed by atoms with Crippen molar-refractivity contribution in [2.75, 3.05) is 0 Å².